The highest BCUT2D eigenvalue weighted by Gasteiger charge is 2.11. The van der Waals surface area contributed by atoms with Crippen LogP contribution in [0.25, 0.3) is 0 Å². The molecule has 2 aromatic carbocycles. The highest BCUT2D eigenvalue weighted by molar-refractivity contribution is 5.51. The predicted octanol–water partition coefficient (Wildman–Crippen LogP) is 3.29. The van der Waals surface area contributed by atoms with Crippen molar-refractivity contribution >= 4 is 0 Å². The molecule has 0 aliphatic rings. The minimum atomic E-state index is 0.575. The molecule has 3 heteroatoms. The SMILES string of the molecule is COc1cccc(OC)c1O[CH]c1ccccc1. The van der Waals surface area contributed by atoms with E-state index in [1.807, 2.05) is 48.5 Å². The molecule has 0 N–H and O–H groups in total. The van der Waals surface area contributed by atoms with E-state index in [9.17, 15) is 0 Å². The molecule has 1 radical (unpaired) electrons. The summed E-state index contributed by atoms with van der Waals surface area (Å²) in [5.74, 6) is 1.86. The Morgan fingerprint density at radius 2 is 1.39 bits per heavy atom. The Morgan fingerprint density at radius 3 is 1.94 bits per heavy atom. The molecule has 2 aromatic rings. The van der Waals surface area contributed by atoms with Crippen LogP contribution in [-0.4, -0.2) is 14.2 Å². The largest absolute Gasteiger partial charge is 0.493 e. The lowest BCUT2D eigenvalue weighted by Crippen LogP contribution is -1.97. The topological polar surface area (TPSA) is 27.7 Å². The summed E-state index contributed by atoms with van der Waals surface area (Å²) in [4.78, 5) is 0. The second-order valence-electron chi connectivity index (χ2n) is 3.64. The normalized spacial score (nSPS) is 9.89. The van der Waals surface area contributed by atoms with Crippen LogP contribution in [0.2, 0.25) is 0 Å². The number of benzene rings is 2. The number of rotatable bonds is 5. The summed E-state index contributed by atoms with van der Waals surface area (Å²) < 4.78 is 16.2. The number of methoxy groups -OCH3 is 2. The van der Waals surface area contributed by atoms with Crippen molar-refractivity contribution in [3.05, 3.63) is 60.7 Å². The molecule has 0 aromatic heterocycles. The molecule has 0 spiro atoms. The second kappa shape index (κ2) is 5.96. The van der Waals surface area contributed by atoms with Crippen molar-refractivity contribution in [3.8, 4) is 17.2 Å². The molecule has 3 nitrogen and oxygen atoms in total. The third-order valence-corrected chi connectivity index (χ3v) is 2.50. The van der Waals surface area contributed by atoms with E-state index in [-0.39, 0.29) is 0 Å². The molecule has 2 rings (SSSR count). The molecule has 0 unspecified atom stereocenters. The van der Waals surface area contributed by atoms with E-state index < -0.39 is 0 Å². The summed E-state index contributed by atoms with van der Waals surface area (Å²) in [6, 6.07) is 15.3. The zero-order valence-corrected chi connectivity index (χ0v) is 10.4. The zero-order valence-electron chi connectivity index (χ0n) is 10.4. The Morgan fingerprint density at radius 1 is 0.778 bits per heavy atom. The Kier molecular flexibility index (Phi) is 4.07. The molecule has 93 valence electrons. The lowest BCUT2D eigenvalue weighted by molar-refractivity contribution is 0.330. The fourth-order valence-corrected chi connectivity index (χ4v) is 1.59. The quantitative estimate of drug-likeness (QED) is 0.806. The van der Waals surface area contributed by atoms with E-state index >= 15 is 0 Å². The first-order valence-electron chi connectivity index (χ1n) is 5.61. The number of ether oxygens (including phenoxy) is 3. The molecule has 0 aliphatic carbocycles. The first kappa shape index (κ1) is 12.3. The van der Waals surface area contributed by atoms with Crippen LogP contribution in [0.15, 0.2) is 48.5 Å². The van der Waals surface area contributed by atoms with Crippen LogP contribution in [0.3, 0.4) is 0 Å². The summed E-state index contributed by atoms with van der Waals surface area (Å²) >= 11 is 0. The molecule has 0 amide bonds. The third kappa shape index (κ3) is 2.74. The van der Waals surface area contributed by atoms with E-state index in [1.54, 1.807) is 20.8 Å². The molecule has 0 bridgehead atoms. The zero-order chi connectivity index (χ0) is 12.8. The van der Waals surface area contributed by atoms with Gasteiger partial charge < -0.3 is 14.2 Å². The Balaban J connectivity index is 2.17. The van der Waals surface area contributed by atoms with Crippen molar-refractivity contribution in [2.24, 2.45) is 0 Å². The van der Waals surface area contributed by atoms with Crippen LogP contribution in [0, 0.1) is 6.61 Å². The van der Waals surface area contributed by atoms with Gasteiger partial charge in [-0.3, -0.25) is 0 Å². The van der Waals surface area contributed by atoms with Crippen LogP contribution in [0.4, 0.5) is 0 Å². The molecular formula is C15H15O3. The summed E-state index contributed by atoms with van der Waals surface area (Å²) in [6.07, 6.45) is 0. The van der Waals surface area contributed by atoms with Gasteiger partial charge in [-0.05, 0) is 17.7 Å². The van der Waals surface area contributed by atoms with Crippen LogP contribution in [0.5, 0.6) is 17.2 Å². The molecule has 0 fully saturated rings. The Bertz CT molecular complexity index is 472. The van der Waals surface area contributed by atoms with E-state index in [0.29, 0.717) is 17.2 Å². The molecule has 0 heterocycles. The van der Waals surface area contributed by atoms with Gasteiger partial charge in [0.2, 0.25) is 5.75 Å². The second-order valence-corrected chi connectivity index (χ2v) is 3.64. The third-order valence-electron chi connectivity index (χ3n) is 2.50. The average molecular weight is 243 g/mol. The molecule has 18 heavy (non-hydrogen) atoms. The maximum Gasteiger partial charge on any atom is 0.204 e. The van der Waals surface area contributed by atoms with Gasteiger partial charge in [0.15, 0.2) is 18.1 Å². The van der Waals surface area contributed by atoms with Crippen LogP contribution in [0.1, 0.15) is 5.56 Å². The van der Waals surface area contributed by atoms with Crippen molar-refractivity contribution in [1.29, 1.82) is 0 Å². The van der Waals surface area contributed by atoms with E-state index in [0.717, 1.165) is 5.56 Å². The summed E-state index contributed by atoms with van der Waals surface area (Å²) in [5, 5.41) is 0. The highest BCUT2D eigenvalue weighted by atomic mass is 16.5. The molecule has 0 saturated heterocycles. The summed E-state index contributed by atoms with van der Waals surface area (Å²) in [7, 11) is 3.20. The molecular weight excluding hydrogens is 228 g/mol. The number of para-hydroxylation sites is 1. The molecule has 0 saturated carbocycles. The highest BCUT2D eigenvalue weighted by Crippen LogP contribution is 2.37. The Labute approximate surface area is 107 Å². The van der Waals surface area contributed by atoms with Crippen molar-refractivity contribution in [3.63, 3.8) is 0 Å². The number of hydrogen-bond acceptors (Lipinski definition) is 3. The summed E-state index contributed by atoms with van der Waals surface area (Å²) in [6.45, 7) is 1.67. The summed E-state index contributed by atoms with van der Waals surface area (Å²) in [5.41, 5.74) is 0.977. The molecule has 0 atom stereocenters. The van der Waals surface area contributed by atoms with Gasteiger partial charge in [0.25, 0.3) is 0 Å². The fourth-order valence-electron chi connectivity index (χ4n) is 1.59. The maximum absolute atomic E-state index is 5.66. The van der Waals surface area contributed by atoms with Crippen LogP contribution in [-0.2, 0) is 0 Å². The van der Waals surface area contributed by atoms with E-state index in [1.165, 1.54) is 0 Å². The van der Waals surface area contributed by atoms with Crippen LogP contribution < -0.4 is 14.2 Å². The lowest BCUT2D eigenvalue weighted by Gasteiger charge is -2.13. The fraction of sp³-hybridized carbons (Fsp3) is 0.133. The smallest absolute Gasteiger partial charge is 0.204 e. The van der Waals surface area contributed by atoms with Gasteiger partial charge >= 0.3 is 0 Å². The number of hydrogen-bond donors (Lipinski definition) is 0. The first-order chi connectivity index (χ1) is 8.85. The van der Waals surface area contributed by atoms with Crippen molar-refractivity contribution < 1.29 is 14.2 Å². The Hall–Kier alpha value is -2.16. The van der Waals surface area contributed by atoms with Crippen molar-refractivity contribution in [1.82, 2.24) is 0 Å². The van der Waals surface area contributed by atoms with Gasteiger partial charge in [-0.15, -0.1) is 0 Å². The van der Waals surface area contributed by atoms with Gasteiger partial charge in [0.05, 0.1) is 14.2 Å². The minimum absolute atomic E-state index is 0.575. The monoisotopic (exact) mass is 243 g/mol. The van der Waals surface area contributed by atoms with Crippen molar-refractivity contribution in [2.45, 2.75) is 0 Å². The average Bonchev–Trinajstić information content (AvgIpc) is 2.45. The van der Waals surface area contributed by atoms with Gasteiger partial charge in [-0.25, -0.2) is 0 Å². The van der Waals surface area contributed by atoms with Gasteiger partial charge in [-0.1, -0.05) is 36.4 Å². The van der Waals surface area contributed by atoms with Gasteiger partial charge in [0.1, 0.15) is 0 Å². The van der Waals surface area contributed by atoms with Gasteiger partial charge in [-0.2, -0.15) is 0 Å². The lowest BCUT2D eigenvalue weighted by atomic mass is 10.2. The standard InChI is InChI=1S/C15H15O3/c1-16-13-9-6-10-14(17-2)15(13)18-11-12-7-4-3-5-8-12/h3-11H,1-2H3. The van der Waals surface area contributed by atoms with Crippen LogP contribution >= 0.6 is 0 Å². The van der Waals surface area contributed by atoms with Crippen molar-refractivity contribution in [2.75, 3.05) is 14.2 Å². The minimum Gasteiger partial charge on any atom is -0.493 e. The van der Waals surface area contributed by atoms with E-state index in [4.69, 9.17) is 14.2 Å². The maximum atomic E-state index is 5.66. The first-order valence-corrected chi connectivity index (χ1v) is 5.61. The van der Waals surface area contributed by atoms with Gasteiger partial charge in [0, 0.05) is 0 Å². The predicted molar refractivity (Wildman–Crippen MR) is 70.0 cm³/mol. The van der Waals surface area contributed by atoms with E-state index in [2.05, 4.69) is 0 Å². The molecule has 0 aliphatic heterocycles.